The minimum atomic E-state index is -0.468. The number of para-hydroxylation sites is 1. The number of anilines is 1. The van der Waals surface area contributed by atoms with Gasteiger partial charge in [-0.15, -0.1) is 0 Å². The molecule has 112 valence electrons. The molecule has 0 bridgehead atoms. The Kier molecular flexibility index (Phi) is 6.48. The monoisotopic (exact) mass is 280 g/mol. The highest BCUT2D eigenvalue weighted by molar-refractivity contribution is 5.99. The van der Waals surface area contributed by atoms with E-state index < -0.39 is 6.29 Å². The van der Waals surface area contributed by atoms with Crippen LogP contribution in [0.3, 0.4) is 0 Å². The van der Waals surface area contributed by atoms with Gasteiger partial charge in [-0.2, -0.15) is 0 Å². The zero-order valence-corrected chi connectivity index (χ0v) is 12.8. The molecule has 0 fully saturated rings. The Hall–Kier alpha value is -1.59. The second-order valence-electron chi connectivity index (χ2n) is 4.95. The molecule has 2 N–H and O–H groups in total. The van der Waals surface area contributed by atoms with Crippen molar-refractivity contribution in [2.45, 2.75) is 39.1 Å². The summed E-state index contributed by atoms with van der Waals surface area (Å²) in [6.07, 6.45) is -0.468. The molecule has 0 radical (unpaired) electrons. The van der Waals surface area contributed by atoms with Crippen LogP contribution in [0, 0.1) is 0 Å². The predicted molar refractivity (Wildman–Crippen MR) is 79.9 cm³/mol. The van der Waals surface area contributed by atoms with Gasteiger partial charge in [0, 0.05) is 25.9 Å². The fourth-order valence-electron chi connectivity index (χ4n) is 1.98. The second-order valence-corrected chi connectivity index (χ2v) is 4.95. The maximum atomic E-state index is 12.3. The Morgan fingerprint density at radius 3 is 2.25 bits per heavy atom. The van der Waals surface area contributed by atoms with E-state index in [1.807, 2.05) is 39.0 Å². The van der Waals surface area contributed by atoms with E-state index in [0.717, 1.165) is 5.69 Å². The largest absolute Gasteiger partial charge is 0.382 e. The van der Waals surface area contributed by atoms with Crippen molar-refractivity contribution in [3.63, 3.8) is 0 Å². The first-order valence-corrected chi connectivity index (χ1v) is 6.71. The molecule has 1 aromatic carbocycles. The molecular weight excluding hydrogens is 256 g/mol. The number of ether oxygens (including phenoxy) is 2. The molecule has 1 atom stereocenters. The first-order chi connectivity index (χ1) is 9.49. The van der Waals surface area contributed by atoms with Crippen LogP contribution in [0.25, 0.3) is 0 Å². The van der Waals surface area contributed by atoms with Gasteiger partial charge in [0.05, 0.1) is 11.6 Å². The zero-order chi connectivity index (χ0) is 15.1. The second kappa shape index (κ2) is 7.87. The summed E-state index contributed by atoms with van der Waals surface area (Å²) in [6.45, 7) is 5.90. The molecule has 1 aromatic rings. The van der Waals surface area contributed by atoms with Crippen LogP contribution >= 0.6 is 0 Å². The molecule has 0 saturated carbocycles. The predicted octanol–water partition coefficient (Wildman–Crippen LogP) is 2.24. The Morgan fingerprint density at radius 2 is 1.70 bits per heavy atom. The number of amides is 1. The SMILES string of the molecule is COC(OC)C(C)NC(=O)c1ccccc1NC(C)C. The molecular formula is C15H24N2O3. The van der Waals surface area contributed by atoms with Gasteiger partial charge in [-0.25, -0.2) is 0 Å². The minimum absolute atomic E-state index is 0.152. The van der Waals surface area contributed by atoms with Crippen LogP contribution in [0.2, 0.25) is 0 Å². The molecule has 5 heteroatoms. The Labute approximate surface area is 120 Å². The maximum Gasteiger partial charge on any atom is 0.253 e. The molecule has 1 unspecified atom stereocenters. The lowest BCUT2D eigenvalue weighted by molar-refractivity contribution is -0.117. The number of hydrogen-bond donors (Lipinski definition) is 2. The summed E-state index contributed by atoms with van der Waals surface area (Å²) in [5.41, 5.74) is 1.43. The number of nitrogens with one attached hydrogen (secondary N) is 2. The van der Waals surface area contributed by atoms with E-state index >= 15 is 0 Å². The van der Waals surface area contributed by atoms with Crippen molar-refractivity contribution in [1.82, 2.24) is 5.32 Å². The molecule has 1 rings (SSSR count). The van der Waals surface area contributed by atoms with Crippen LogP contribution in [-0.2, 0) is 9.47 Å². The normalized spacial score (nSPS) is 12.6. The molecule has 0 aromatic heterocycles. The molecule has 0 saturated heterocycles. The highest BCUT2D eigenvalue weighted by Gasteiger charge is 2.20. The fraction of sp³-hybridized carbons (Fsp3) is 0.533. The Morgan fingerprint density at radius 1 is 1.10 bits per heavy atom. The van der Waals surface area contributed by atoms with Crippen LogP contribution < -0.4 is 10.6 Å². The molecule has 0 aliphatic rings. The van der Waals surface area contributed by atoms with Crippen molar-refractivity contribution in [2.24, 2.45) is 0 Å². The molecule has 0 aliphatic heterocycles. The van der Waals surface area contributed by atoms with Crippen LogP contribution in [0.15, 0.2) is 24.3 Å². The summed E-state index contributed by atoms with van der Waals surface area (Å²) in [4.78, 5) is 12.3. The average Bonchev–Trinajstić information content (AvgIpc) is 2.39. The van der Waals surface area contributed by atoms with Gasteiger partial charge in [-0.05, 0) is 32.9 Å². The van der Waals surface area contributed by atoms with E-state index in [4.69, 9.17) is 9.47 Å². The molecule has 1 amide bonds. The molecule has 0 heterocycles. The van der Waals surface area contributed by atoms with Gasteiger partial charge < -0.3 is 20.1 Å². The van der Waals surface area contributed by atoms with Gasteiger partial charge in [-0.1, -0.05) is 12.1 Å². The van der Waals surface area contributed by atoms with Crippen molar-refractivity contribution < 1.29 is 14.3 Å². The lowest BCUT2D eigenvalue weighted by Crippen LogP contribution is -2.43. The average molecular weight is 280 g/mol. The van der Waals surface area contributed by atoms with Crippen LogP contribution in [0.4, 0.5) is 5.69 Å². The van der Waals surface area contributed by atoms with Crippen molar-refractivity contribution in [3.05, 3.63) is 29.8 Å². The molecule has 0 spiro atoms. The summed E-state index contributed by atoms with van der Waals surface area (Å²) >= 11 is 0. The zero-order valence-electron chi connectivity index (χ0n) is 12.8. The number of methoxy groups -OCH3 is 2. The van der Waals surface area contributed by atoms with Crippen LogP contribution in [0.1, 0.15) is 31.1 Å². The van der Waals surface area contributed by atoms with Gasteiger partial charge >= 0.3 is 0 Å². The van der Waals surface area contributed by atoms with Crippen molar-refractivity contribution in [3.8, 4) is 0 Å². The lowest BCUT2D eigenvalue weighted by Gasteiger charge is -2.23. The minimum Gasteiger partial charge on any atom is -0.382 e. The highest BCUT2D eigenvalue weighted by atomic mass is 16.7. The number of hydrogen-bond acceptors (Lipinski definition) is 4. The van der Waals surface area contributed by atoms with Gasteiger partial charge in [0.25, 0.3) is 5.91 Å². The van der Waals surface area contributed by atoms with E-state index in [2.05, 4.69) is 10.6 Å². The third-order valence-corrected chi connectivity index (χ3v) is 2.85. The number of rotatable bonds is 7. The highest BCUT2D eigenvalue weighted by Crippen LogP contribution is 2.16. The van der Waals surface area contributed by atoms with Crippen LogP contribution in [-0.4, -0.2) is 38.5 Å². The lowest BCUT2D eigenvalue weighted by atomic mass is 10.1. The maximum absolute atomic E-state index is 12.3. The third kappa shape index (κ3) is 4.51. The molecule has 0 aliphatic carbocycles. The van der Waals surface area contributed by atoms with Crippen molar-refractivity contribution in [2.75, 3.05) is 19.5 Å². The molecule has 20 heavy (non-hydrogen) atoms. The van der Waals surface area contributed by atoms with Crippen molar-refractivity contribution >= 4 is 11.6 Å². The summed E-state index contributed by atoms with van der Waals surface area (Å²) < 4.78 is 10.3. The topological polar surface area (TPSA) is 59.6 Å². The smallest absolute Gasteiger partial charge is 0.253 e. The van der Waals surface area contributed by atoms with Gasteiger partial charge in [0.1, 0.15) is 0 Å². The summed E-state index contributed by atoms with van der Waals surface area (Å²) in [7, 11) is 3.09. The van der Waals surface area contributed by atoms with E-state index in [1.54, 1.807) is 20.3 Å². The third-order valence-electron chi connectivity index (χ3n) is 2.85. The first-order valence-electron chi connectivity index (χ1n) is 6.71. The van der Waals surface area contributed by atoms with Gasteiger partial charge in [-0.3, -0.25) is 4.79 Å². The summed E-state index contributed by atoms with van der Waals surface area (Å²) in [5.74, 6) is -0.152. The fourth-order valence-corrected chi connectivity index (χ4v) is 1.98. The van der Waals surface area contributed by atoms with E-state index in [-0.39, 0.29) is 18.0 Å². The van der Waals surface area contributed by atoms with E-state index in [0.29, 0.717) is 5.56 Å². The van der Waals surface area contributed by atoms with E-state index in [1.165, 1.54) is 0 Å². The quantitative estimate of drug-likeness (QED) is 0.752. The summed E-state index contributed by atoms with van der Waals surface area (Å²) in [6, 6.07) is 7.44. The van der Waals surface area contributed by atoms with Gasteiger partial charge in [0.15, 0.2) is 6.29 Å². The number of carbonyl (C=O) groups is 1. The van der Waals surface area contributed by atoms with E-state index in [9.17, 15) is 4.79 Å². The summed E-state index contributed by atoms with van der Waals surface area (Å²) in [5, 5.41) is 6.14. The van der Waals surface area contributed by atoms with Gasteiger partial charge in [0.2, 0.25) is 0 Å². The van der Waals surface area contributed by atoms with Crippen molar-refractivity contribution in [1.29, 1.82) is 0 Å². The number of benzene rings is 1. The molecule has 5 nitrogen and oxygen atoms in total. The first kappa shape index (κ1) is 16.5. The standard InChI is InChI=1S/C15H24N2O3/c1-10(2)16-13-9-7-6-8-12(13)14(18)17-11(3)15(19-4)20-5/h6-11,15-16H,1-5H3,(H,17,18). The number of carbonyl (C=O) groups excluding carboxylic acids is 1. The van der Waals surface area contributed by atoms with Crippen LogP contribution in [0.5, 0.6) is 0 Å². The Balaban J connectivity index is 2.82. The Bertz CT molecular complexity index is 431.